The van der Waals surface area contributed by atoms with Gasteiger partial charge < -0.3 is 9.47 Å². The maximum atomic E-state index is 11.0. The van der Waals surface area contributed by atoms with E-state index < -0.39 is 0 Å². The number of carbonyl (C=O) groups is 2. The lowest BCUT2D eigenvalue weighted by molar-refractivity contribution is -0.140. The predicted octanol–water partition coefficient (Wildman–Crippen LogP) is 2.33. The van der Waals surface area contributed by atoms with Crippen LogP contribution in [0.25, 0.3) is 0 Å². The van der Waals surface area contributed by atoms with Crippen LogP contribution < -0.4 is 0 Å². The van der Waals surface area contributed by atoms with Crippen molar-refractivity contribution in [2.24, 2.45) is 0 Å². The first-order valence-corrected chi connectivity index (χ1v) is 5.59. The molecule has 90 valence electrons. The molecule has 0 radical (unpaired) electrons. The van der Waals surface area contributed by atoms with Crippen LogP contribution in [-0.2, 0) is 19.1 Å². The molecular formula is C12H18O4. The van der Waals surface area contributed by atoms with E-state index in [0.29, 0.717) is 12.8 Å². The summed E-state index contributed by atoms with van der Waals surface area (Å²) in [7, 11) is 1.38. The second-order valence-corrected chi connectivity index (χ2v) is 3.90. The van der Waals surface area contributed by atoms with Crippen molar-refractivity contribution in [2.75, 3.05) is 7.11 Å². The number of methoxy groups -OCH3 is 1. The fourth-order valence-electron chi connectivity index (χ4n) is 1.86. The summed E-state index contributed by atoms with van der Waals surface area (Å²) in [6.45, 7) is 1.40. The Morgan fingerprint density at radius 1 is 1.25 bits per heavy atom. The molecule has 0 aromatic heterocycles. The van der Waals surface area contributed by atoms with E-state index in [-0.39, 0.29) is 11.9 Å². The summed E-state index contributed by atoms with van der Waals surface area (Å²) in [5.41, 5.74) is 1.09. The predicted molar refractivity (Wildman–Crippen MR) is 58.5 cm³/mol. The highest BCUT2D eigenvalue weighted by Crippen LogP contribution is 2.28. The van der Waals surface area contributed by atoms with Gasteiger partial charge in [0.05, 0.1) is 7.11 Å². The molecule has 1 aliphatic rings. The molecule has 0 heterocycles. The number of ether oxygens (including phenoxy) is 2. The van der Waals surface area contributed by atoms with Crippen molar-refractivity contribution in [3.05, 3.63) is 11.3 Å². The van der Waals surface area contributed by atoms with Gasteiger partial charge in [-0.3, -0.25) is 9.59 Å². The molecule has 0 aromatic carbocycles. The van der Waals surface area contributed by atoms with Gasteiger partial charge in [-0.25, -0.2) is 0 Å². The Balaban J connectivity index is 2.59. The largest absolute Gasteiger partial charge is 0.469 e. The van der Waals surface area contributed by atoms with Gasteiger partial charge in [0.1, 0.15) is 5.76 Å². The molecule has 1 rings (SSSR count). The maximum Gasteiger partial charge on any atom is 0.307 e. The molecule has 4 heteroatoms. The van der Waals surface area contributed by atoms with Gasteiger partial charge in [0, 0.05) is 19.8 Å². The van der Waals surface area contributed by atoms with E-state index in [4.69, 9.17) is 4.74 Å². The van der Waals surface area contributed by atoms with Crippen LogP contribution >= 0.6 is 0 Å². The minimum atomic E-state index is -0.285. The molecular weight excluding hydrogens is 208 g/mol. The Labute approximate surface area is 95.6 Å². The molecule has 1 aliphatic carbocycles. The van der Waals surface area contributed by atoms with E-state index in [1.807, 2.05) is 0 Å². The number of hydrogen-bond acceptors (Lipinski definition) is 4. The van der Waals surface area contributed by atoms with Crippen LogP contribution in [0.5, 0.6) is 0 Å². The Morgan fingerprint density at radius 3 is 2.56 bits per heavy atom. The highest BCUT2D eigenvalue weighted by Gasteiger charge is 2.16. The summed E-state index contributed by atoms with van der Waals surface area (Å²) in [4.78, 5) is 21.9. The van der Waals surface area contributed by atoms with Crippen molar-refractivity contribution < 1.29 is 19.1 Å². The SMILES string of the molecule is COC(=O)CCC1=C(OC(C)=O)CCCC1. The quantitative estimate of drug-likeness (QED) is 0.690. The van der Waals surface area contributed by atoms with Crippen LogP contribution in [0.15, 0.2) is 11.3 Å². The third kappa shape index (κ3) is 4.04. The van der Waals surface area contributed by atoms with Gasteiger partial charge in [0.25, 0.3) is 0 Å². The Kier molecular flexibility index (Phi) is 5.02. The van der Waals surface area contributed by atoms with Crippen LogP contribution in [0, 0.1) is 0 Å². The van der Waals surface area contributed by atoms with Crippen molar-refractivity contribution >= 4 is 11.9 Å². The maximum absolute atomic E-state index is 11.0. The molecule has 0 fully saturated rings. The van der Waals surface area contributed by atoms with Crippen LogP contribution in [0.3, 0.4) is 0 Å². The summed E-state index contributed by atoms with van der Waals surface area (Å²) in [6.07, 6.45) is 4.85. The first-order valence-electron chi connectivity index (χ1n) is 5.59. The van der Waals surface area contributed by atoms with Crippen LogP contribution in [0.2, 0.25) is 0 Å². The lowest BCUT2D eigenvalue weighted by atomic mass is 9.94. The van der Waals surface area contributed by atoms with Gasteiger partial charge in [-0.05, 0) is 31.3 Å². The average molecular weight is 226 g/mol. The first kappa shape index (κ1) is 12.7. The summed E-state index contributed by atoms with van der Waals surface area (Å²) >= 11 is 0. The Morgan fingerprint density at radius 2 is 1.94 bits per heavy atom. The van der Waals surface area contributed by atoms with Gasteiger partial charge in [0.15, 0.2) is 0 Å². The van der Waals surface area contributed by atoms with E-state index in [1.165, 1.54) is 14.0 Å². The molecule has 0 amide bonds. The molecule has 4 nitrogen and oxygen atoms in total. The molecule has 0 saturated heterocycles. The highest BCUT2D eigenvalue weighted by molar-refractivity contribution is 5.69. The molecule has 0 saturated carbocycles. The molecule has 0 aliphatic heterocycles. The minimum Gasteiger partial charge on any atom is -0.469 e. The lowest BCUT2D eigenvalue weighted by Crippen LogP contribution is -2.09. The number of hydrogen-bond donors (Lipinski definition) is 0. The molecule has 16 heavy (non-hydrogen) atoms. The van der Waals surface area contributed by atoms with Gasteiger partial charge >= 0.3 is 11.9 Å². The average Bonchev–Trinajstić information content (AvgIpc) is 2.26. The first-order chi connectivity index (χ1) is 7.63. The third-order valence-corrected chi connectivity index (χ3v) is 2.65. The number of esters is 2. The number of carbonyl (C=O) groups excluding carboxylic acids is 2. The summed E-state index contributed by atoms with van der Waals surface area (Å²) < 4.78 is 9.75. The lowest BCUT2D eigenvalue weighted by Gasteiger charge is -2.19. The fourth-order valence-corrected chi connectivity index (χ4v) is 1.86. The monoisotopic (exact) mass is 226 g/mol. The van der Waals surface area contributed by atoms with E-state index >= 15 is 0 Å². The van der Waals surface area contributed by atoms with Gasteiger partial charge in [-0.1, -0.05) is 0 Å². The standard InChI is InChI=1S/C12H18O4/c1-9(13)16-11-6-4-3-5-10(11)7-8-12(14)15-2/h3-8H2,1-2H3. The normalized spacial score (nSPS) is 15.9. The second-order valence-electron chi connectivity index (χ2n) is 3.90. The smallest absolute Gasteiger partial charge is 0.307 e. The number of rotatable bonds is 4. The minimum absolute atomic E-state index is 0.222. The molecule has 0 unspecified atom stereocenters. The Bertz CT molecular complexity index is 304. The van der Waals surface area contributed by atoms with Crippen LogP contribution in [0.4, 0.5) is 0 Å². The van der Waals surface area contributed by atoms with Gasteiger partial charge in [0.2, 0.25) is 0 Å². The van der Waals surface area contributed by atoms with E-state index in [0.717, 1.165) is 37.0 Å². The second kappa shape index (κ2) is 6.30. The third-order valence-electron chi connectivity index (χ3n) is 2.65. The van der Waals surface area contributed by atoms with Crippen molar-refractivity contribution in [3.63, 3.8) is 0 Å². The number of allylic oxidation sites excluding steroid dienone is 2. The van der Waals surface area contributed by atoms with Crippen molar-refractivity contribution in [1.29, 1.82) is 0 Å². The molecule has 0 N–H and O–H groups in total. The van der Waals surface area contributed by atoms with Crippen LogP contribution in [0.1, 0.15) is 45.4 Å². The van der Waals surface area contributed by atoms with E-state index in [1.54, 1.807) is 0 Å². The molecule has 0 spiro atoms. The zero-order chi connectivity index (χ0) is 12.0. The van der Waals surface area contributed by atoms with Crippen molar-refractivity contribution in [3.8, 4) is 0 Å². The summed E-state index contributed by atoms with van der Waals surface area (Å²) in [5, 5.41) is 0. The topological polar surface area (TPSA) is 52.6 Å². The van der Waals surface area contributed by atoms with Gasteiger partial charge in [-0.15, -0.1) is 0 Å². The molecule has 0 bridgehead atoms. The van der Waals surface area contributed by atoms with E-state index in [2.05, 4.69) is 4.74 Å². The van der Waals surface area contributed by atoms with Crippen molar-refractivity contribution in [2.45, 2.75) is 45.4 Å². The van der Waals surface area contributed by atoms with E-state index in [9.17, 15) is 9.59 Å². The van der Waals surface area contributed by atoms with Gasteiger partial charge in [-0.2, -0.15) is 0 Å². The highest BCUT2D eigenvalue weighted by atomic mass is 16.5. The zero-order valence-electron chi connectivity index (χ0n) is 9.88. The fraction of sp³-hybridized carbons (Fsp3) is 0.667. The Hall–Kier alpha value is -1.32. The summed E-state index contributed by atoms with van der Waals surface area (Å²) in [5.74, 6) is 0.260. The zero-order valence-corrected chi connectivity index (χ0v) is 9.88. The molecule has 0 atom stereocenters. The van der Waals surface area contributed by atoms with Crippen LogP contribution in [-0.4, -0.2) is 19.0 Å². The summed E-state index contributed by atoms with van der Waals surface area (Å²) in [6, 6.07) is 0. The molecule has 0 aromatic rings. The van der Waals surface area contributed by atoms with Crippen molar-refractivity contribution in [1.82, 2.24) is 0 Å².